The largest absolute Gasteiger partial charge is 0.382 e. The lowest BCUT2D eigenvalue weighted by Crippen LogP contribution is -2.28. The molecule has 0 fully saturated rings. The minimum Gasteiger partial charge on any atom is -0.382 e. The van der Waals surface area contributed by atoms with Crippen LogP contribution >= 0.6 is 0 Å². The van der Waals surface area contributed by atoms with E-state index in [0.717, 1.165) is 12.4 Å². The van der Waals surface area contributed by atoms with Gasteiger partial charge < -0.3 is 14.8 Å². The summed E-state index contributed by atoms with van der Waals surface area (Å²) in [6.45, 7) is 6.06. The van der Waals surface area contributed by atoms with Crippen molar-refractivity contribution in [3.05, 3.63) is 5.82 Å². The normalized spacial score (nSPS) is 14.8. The number of rotatable bonds is 8. The van der Waals surface area contributed by atoms with Crippen molar-refractivity contribution in [3.63, 3.8) is 0 Å². The maximum absolute atomic E-state index is 5.30. The number of nitrogens with zero attached hydrogens (tertiary/aromatic N) is 4. The highest BCUT2D eigenvalue weighted by molar-refractivity contribution is 4.89. The molecule has 0 spiro atoms. The first-order valence-corrected chi connectivity index (χ1v) is 5.74. The van der Waals surface area contributed by atoms with Crippen LogP contribution in [-0.2, 0) is 16.0 Å². The fourth-order valence-corrected chi connectivity index (χ4v) is 1.62. The topological polar surface area (TPSA) is 74.1 Å². The van der Waals surface area contributed by atoms with E-state index in [2.05, 4.69) is 20.8 Å². The van der Waals surface area contributed by atoms with Gasteiger partial charge >= 0.3 is 0 Å². The lowest BCUT2D eigenvalue weighted by Gasteiger charge is -2.17. The highest BCUT2D eigenvalue weighted by atomic mass is 16.5. The summed E-state index contributed by atoms with van der Waals surface area (Å²) in [5, 5.41) is 15.0. The number of aromatic nitrogens is 4. The van der Waals surface area contributed by atoms with Crippen molar-refractivity contribution in [2.45, 2.75) is 32.5 Å². The molecule has 7 nitrogen and oxygen atoms in total. The van der Waals surface area contributed by atoms with E-state index in [1.165, 1.54) is 0 Å². The van der Waals surface area contributed by atoms with Crippen LogP contribution in [0.5, 0.6) is 0 Å². The number of tetrazole rings is 1. The molecule has 0 aliphatic rings. The Balaban J connectivity index is 2.67. The van der Waals surface area contributed by atoms with E-state index in [9.17, 15) is 0 Å². The number of methoxy groups -OCH3 is 2. The van der Waals surface area contributed by atoms with E-state index in [0.29, 0.717) is 13.2 Å². The summed E-state index contributed by atoms with van der Waals surface area (Å²) in [5.74, 6) is 0.810. The summed E-state index contributed by atoms with van der Waals surface area (Å²) in [7, 11) is 3.30. The van der Waals surface area contributed by atoms with Gasteiger partial charge in [-0.2, -0.15) is 0 Å². The first-order chi connectivity index (χ1) is 8.22. The molecule has 0 amide bonds. The fourth-order valence-electron chi connectivity index (χ4n) is 1.62. The molecule has 0 aromatic carbocycles. The first kappa shape index (κ1) is 14.0. The summed E-state index contributed by atoms with van der Waals surface area (Å²) in [6, 6.07) is 0.120. The summed E-state index contributed by atoms with van der Waals surface area (Å²) in [6.07, 6.45) is -0.0453. The smallest absolute Gasteiger partial charge is 0.168 e. The number of ether oxygens (including phenoxy) is 2. The zero-order valence-electron chi connectivity index (χ0n) is 10.9. The van der Waals surface area contributed by atoms with Gasteiger partial charge in [0.2, 0.25) is 0 Å². The van der Waals surface area contributed by atoms with Crippen molar-refractivity contribution in [1.29, 1.82) is 0 Å². The Morgan fingerprint density at radius 1 is 1.41 bits per heavy atom. The molecule has 0 saturated carbocycles. The zero-order chi connectivity index (χ0) is 12.7. The Labute approximate surface area is 101 Å². The molecule has 2 unspecified atom stereocenters. The fraction of sp³-hybridized carbons (Fsp3) is 0.900. The van der Waals surface area contributed by atoms with Gasteiger partial charge in [0, 0.05) is 14.2 Å². The van der Waals surface area contributed by atoms with Crippen molar-refractivity contribution in [2.75, 3.05) is 27.4 Å². The second-order valence-electron chi connectivity index (χ2n) is 3.81. The molecule has 98 valence electrons. The maximum atomic E-state index is 5.30. The van der Waals surface area contributed by atoms with Gasteiger partial charge in [0.15, 0.2) is 5.82 Å². The molecule has 1 heterocycles. The predicted molar refractivity (Wildman–Crippen MR) is 62.6 cm³/mol. The molecule has 0 radical (unpaired) electrons. The van der Waals surface area contributed by atoms with Crippen LogP contribution in [0.3, 0.4) is 0 Å². The average molecular weight is 243 g/mol. The van der Waals surface area contributed by atoms with Crippen LogP contribution in [0.4, 0.5) is 0 Å². The van der Waals surface area contributed by atoms with Crippen molar-refractivity contribution in [2.24, 2.45) is 0 Å². The highest BCUT2D eigenvalue weighted by Crippen LogP contribution is 2.08. The summed E-state index contributed by atoms with van der Waals surface area (Å²) in [5.41, 5.74) is 0. The van der Waals surface area contributed by atoms with E-state index in [1.807, 2.05) is 13.8 Å². The Kier molecular flexibility index (Phi) is 6.03. The third-order valence-electron chi connectivity index (χ3n) is 2.52. The Bertz CT molecular complexity index is 317. The Hall–Kier alpha value is -1.05. The lowest BCUT2D eigenvalue weighted by molar-refractivity contribution is 0.0153. The molecule has 1 N–H and O–H groups in total. The van der Waals surface area contributed by atoms with Gasteiger partial charge in [-0.1, -0.05) is 6.92 Å². The monoisotopic (exact) mass is 243 g/mol. The molecule has 2 atom stereocenters. The van der Waals surface area contributed by atoms with Gasteiger partial charge in [0.25, 0.3) is 0 Å². The van der Waals surface area contributed by atoms with Crippen LogP contribution in [-0.4, -0.2) is 53.7 Å². The van der Waals surface area contributed by atoms with Crippen molar-refractivity contribution < 1.29 is 9.47 Å². The van der Waals surface area contributed by atoms with E-state index in [1.54, 1.807) is 18.9 Å². The molecule has 1 rings (SSSR count). The second-order valence-corrected chi connectivity index (χ2v) is 3.81. The van der Waals surface area contributed by atoms with Crippen molar-refractivity contribution in [1.82, 2.24) is 25.5 Å². The Morgan fingerprint density at radius 3 is 2.76 bits per heavy atom. The maximum Gasteiger partial charge on any atom is 0.168 e. The SMILES string of the molecule is CCNC(C)c1nnnn1CC(COC)OC. The molecular weight excluding hydrogens is 222 g/mol. The van der Waals surface area contributed by atoms with Crippen LogP contribution in [0, 0.1) is 0 Å². The van der Waals surface area contributed by atoms with Crippen LogP contribution < -0.4 is 5.32 Å². The van der Waals surface area contributed by atoms with Crippen LogP contribution in [0.2, 0.25) is 0 Å². The van der Waals surface area contributed by atoms with Gasteiger partial charge in [-0.15, -0.1) is 5.10 Å². The van der Waals surface area contributed by atoms with E-state index < -0.39 is 0 Å². The highest BCUT2D eigenvalue weighted by Gasteiger charge is 2.17. The minimum atomic E-state index is -0.0453. The van der Waals surface area contributed by atoms with E-state index in [4.69, 9.17) is 9.47 Å². The van der Waals surface area contributed by atoms with Crippen LogP contribution in [0.1, 0.15) is 25.7 Å². The van der Waals surface area contributed by atoms with E-state index in [-0.39, 0.29) is 12.1 Å². The summed E-state index contributed by atoms with van der Waals surface area (Å²) >= 11 is 0. The summed E-state index contributed by atoms with van der Waals surface area (Å²) in [4.78, 5) is 0. The minimum absolute atomic E-state index is 0.0453. The van der Waals surface area contributed by atoms with E-state index >= 15 is 0 Å². The molecule has 0 aliphatic heterocycles. The predicted octanol–water partition coefficient (Wildman–Crippen LogP) is 0.00500. The molecule has 0 aliphatic carbocycles. The molecule has 1 aromatic heterocycles. The third kappa shape index (κ3) is 4.03. The molecule has 1 aromatic rings. The van der Waals surface area contributed by atoms with Crippen molar-refractivity contribution in [3.8, 4) is 0 Å². The van der Waals surface area contributed by atoms with Crippen molar-refractivity contribution >= 4 is 0 Å². The standard InChI is InChI=1S/C10H21N5O2/c1-5-11-8(2)10-12-13-14-15(10)6-9(17-4)7-16-3/h8-9,11H,5-7H2,1-4H3. The van der Waals surface area contributed by atoms with Gasteiger partial charge in [-0.25, -0.2) is 4.68 Å². The Morgan fingerprint density at radius 2 is 2.18 bits per heavy atom. The number of nitrogens with one attached hydrogen (secondary N) is 1. The first-order valence-electron chi connectivity index (χ1n) is 5.74. The quantitative estimate of drug-likeness (QED) is 0.693. The van der Waals surface area contributed by atoms with Crippen LogP contribution in [0.25, 0.3) is 0 Å². The van der Waals surface area contributed by atoms with Gasteiger partial charge in [-0.3, -0.25) is 0 Å². The van der Waals surface area contributed by atoms with Gasteiger partial charge in [0.1, 0.15) is 6.10 Å². The van der Waals surface area contributed by atoms with Gasteiger partial charge in [-0.05, 0) is 23.9 Å². The molecule has 17 heavy (non-hydrogen) atoms. The number of hydrogen-bond acceptors (Lipinski definition) is 6. The third-order valence-corrected chi connectivity index (χ3v) is 2.52. The van der Waals surface area contributed by atoms with Crippen LogP contribution in [0.15, 0.2) is 0 Å². The van der Waals surface area contributed by atoms with Gasteiger partial charge in [0.05, 0.1) is 19.2 Å². The molecule has 0 saturated heterocycles. The number of hydrogen-bond donors (Lipinski definition) is 1. The average Bonchev–Trinajstić information content (AvgIpc) is 2.77. The molecule has 0 bridgehead atoms. The molecule has 7 heteroatoms. The lowest BCUT2D eigenvalue weighted by atomic mass is 10.3. The molecular formula is C10H21N5O2. The second kappa shape index (κ2) is 7.31. The summed E-state index contributed by atoms with van der Waals surface area (Å²) < 4.78 is 12.1. The zero-order valence-corrected chi connectivity index (χ0v) is 10.9.